The van der Waals surface area contributed by atoms with Crippen molar-refractivity contribution in [1.82, 2.24) is 4.98 Å². The zero-order valence-electron chi connectivity index (χ0n) is 14.6. The maximum atomic E-state index is 9.64. The number of rotatable bonds is 6. The van der Waals surface area contributed by atoms with E-state index >= 15 is 0 Å². The van der Waals surface area contributed by atoms with Gasteiger partial charge in [0, 0.05) is 16.5 Å². The van der Waals surface area contributed by atoms with Crippen molar-refractivity contribution in [2.24, 2.45) is 0 Å². The normalized spacial score (nSPS) is 11.0. The van der Waals surface area contributed by atoms with E-state index in [0.29, 0.717) is 28.7 Å². The van der Waals surface area contributed by atoms with Crippen molar-refractivity contribution < 1.29 is 9.47 Å². The molecule has 1 heterocycles. The summed E-state index contributed by atoms with van der Waals surface area (Å²) >= 11 is 1.45. The number of nitriles is 1. The van der Waals surface area contributed by atoms with Crippen molar-refractivity contribution in [3.05, 3.63) is 64.5 Å². The molecule has 0 saturated heterocycles. The standard InChI is InChI=1S/C21H18N2O2S/c1-3-25-20-16(10-7-11-19(20)24-2)12-17(13-22)21-23-18(14-26-21)15-8-5-4-6-9-15/h4-12,14H,3H2,1-2H3/b17-12-. The van der Waals surface area contributed by atoms with Crippen molar-refractivity contribution in [1.29, 1.82) is 5.26 Å². The third-order valence-electron chi connectivity index (χ3n) is 3.74. The Kier molecular flexibility index (Phi) is 5.67. The Morgan fingerprint density at radius 2 is 2.00 bits per heavy atom. The quantitative estimate of drug-likeness (QED) is 0.560. The lowest BCUT2D eigenvalue weighted by atomic mass is 10.1. The van der Waals surface area contributed by atoms with Gasteiger partial charge in [0.15, 0.2) is 11.5 Å². The highest BCUT2D eigenvalue weighted by molar-refractivity contribution is 7.11. The van der Waals surface area contributed by atoms with E-state index in [1.807, 2.05) is 60.8 Å². The van der Waals surface area contributed by atoms with Crippen LogP contribution in [0, 0.1) is 11.3 Å². The molecule has 0 unspecified atom stereocenters. The van der Waals surface area contributed by atoms with E-state index in [1.54, 1.807) is 13.2 Å². The molecule has 0 bridgehead atoms. The molecule has 0 amide bonds. The third kappa shape index (κ3) is 3.76. The molecule has 26 heavy (non-hydrogen) atoms. The Hall–Kier alpha value is -3.10. The second-order valence-electron chi connectivity index (χ2n) is 5.39. The topological polar surface area (TPSA) is 55.1 Å². The monoisotopic (exact) mass is 362 g/mol. The number of allylic oxidation sites excluding steroid dienone is 1. The summed E-state index contributed by atoms with van der Waals surface area (Å²) in [5.41, 5.74) is 3.18. The van der Waals surface area contributed by atoms with Gasteiger partial charge in [0.25, 0.3) is 0 Å². The minimum atomic E-state index is 0.492. The van der Waals surface area contributed by atoms with Crippen LogP contribution in [0.2, 0.25) is 0 Å². The van der Waals surface area contributed by atoms with E-state index in [1.165, 1.54) is 11.3 Å². The minimum absolute atomic E-state index is 0.492. The van der Waals surface area contributed by atoms with Gasteiger partial charge in [-0.1, -0.05) is 42.5 Å². The molecule has 5 heteroatoms. The highest BCUT2D eigenvalue weighted by atomic mass is 32.1. The Morgan fingerprint density at radius 1 is 1.19 bits per heavy atom. The summed E-state index contributed by atoms with van der Waals surface area (Å²) in [4.78, 5) is 4.62. The molecule has 3 rings (SSSR count). The summed E-state index contributed by atoms with van der Waals surface area (Å²) in [6.07, 6.45) is 1.79. The zero-order valence-corrected chi connectivity index (χ0v) is 15.4. The zero-order chi connectivity index (χ0) is 18.4. The van der Waals surface area contributed by atoms with Gasteiger partial charge in [-0.05, 0) is 19.1 Å². The van der Waals surface area contributed by atoms with Gasteiger partial charge < -0.3 is 9.47 Å². The highest BCUT2D eigenvalue weighted by Crippen LogP contribution is 2.34. The predicted molar refractivity (Wildman–Crippen MR) is 105 cm³/mol. The number of hydrogen-bond donors (Lipinski definition) is 0. The maximum Gasteiger partial charge on any atom is 0.168 e. The van der Waals surface area contributed by atoms with Crippen LogP contribution < -0.4 is 9.47 Å². The Labute approximate surface area is 157 Å². The number of methoxy groups -OCH3 is 1. The molecular weight excluding hydrogens is 344 g/mol. The average Bonchev–Trinajstić information content (AvgIpc) is 3.18. The van der Waals surface area contributed by atoms with Crippen molar-refractivity contribution in [3.63, 3.8) is 0 Å². The number of benzene rings is 2. The Bertz CT molecular complexity index is 956. The van der Waals surface area contributed by atoms with Crippen LogP contribution in [0.4, 0.5) is 0 Å². The van der Waals surface area contributed by atoms with Crippen LogP contribution >= 0.6 is 11.3 Å². The molecule has 0 fully saturated rings. The van der Waals surface area contributed by atoms with Crippen LogP contribution in [-0.2, 0) is 0 Å². The lowest BCUT2D eigenvalue weighted by Crippen LogP contribution is -1.97. The fourth-order valence-corrected chi connectivity index (χ4v) is 3.34. The first kappa shape index (κ1) is 17.7. The number of aromatic nitrogens is 1. The lowest BCUT2D eigenvalue weighted by Gasteiger charge is -2.12. The van der Waals surface area contributed by atoms with Gasteiger partial charge in [-0.2, -0.15) is 5.26 Å². The summed E-state index contributed by atoms with van der Waals surface area (Å²) < 4.78 is 11.1. The largest absolute Gasteiger partial charge is 0.493 e. The van der Waals surface area contributed by atoms with Crippen LogP contribution in [0.5, 0.6) is 11.5 Å². The lowest BCUT2D eigenvalue weighted by molar-refractivity contribution is 0.310. The summed E-state index contributed by atoms with van der Waals surface area (Å²) in [5.74, 6) is 1.27. The first-order valence-electron chi connectivity index (χ1n) is 8.19. The molecular formula is C21H18N2O2S. The first-order valence-corrected chi connectivity index (χ1v) is 9.07. The molecule has 0 spiro atoms. The van der Waals surface area contributed by atoms with Gasteiger partial charge >= 0.3 is 0 Å². The SMILES string of the molecule is CCOc1c(/C=C(/C#N)c2nc(-c3ccccc3)cs2)cccc1OC. The van der Waals surface area contributed by atoms with E-state index in [2.05, 4.69) is 11.1 Å². The average molecular weight is 362 g/mol. The van der Waals surface area contributed by atoms with E-state index in [4.69, 9.17) is 9.47 Å². The van der Waals surface area contributed by atoms with Crippen molar-refractivity contribution in [2.75, 3.05) is 13.7 Å². The van der Waals surface area contributed by atoms with E-state index in [0.717, 1.165) is 16.8 Å². The third-order valence-corrected chi connectivity index (χ3v) is 4.62. The molecule has 130 valence electrons. The van der Waals surface area contributed by atoms with E-state index in [-0.39, 0.29) is 0 Å². The molecule has 0 aliphatic carbocycles. The second-order valence-corrected chi connectivity index (χ2v) is 6.24. The maximum absolute atomic E-state index is 9.64. The second kappa shape index (κ2) is 8.32. The summed E-state index contributed by atoms with van der Waals surface area (Å²) in [5, 5.41) is 12.3. The fraction of sp³-hybridized carbons (Fsp3) is 0.143. The van der Waals surface area contributed by atoms with Crippen molar-refractivity contribution in [3.8, 4) is 28.8 Å². The smallest absolute Gasteiger partial charge is 0.168 e. The Morgan fingerprint density at radius 3 is 2.69 bits per heavy atom. The van der Waals surface area contributed by atoms with Crippen LogP contribution in [0.3, 0.4) is 0 Å². The van der Waals surface area contributed by atoms with Crippen LogP contribution in [0.15, 0.2) is 53.9 Å². The van der Waals surface area contributed by atoms with E-state index < -0.39 is 0 Å². The number of thiazole rings is 1. The van der Waals surface area contributed by atoms with Crippen LogP contribution in [-0.4, -0.2) is 18.7 Å². The molecule has 1 aromatic heterocycles. The van der Waals surface area contributed by atoms with Crippen LogP contribution in [0.1, 0.15) is 17.5 Å². The number of nitrogens with zero attached hydrogens (tertiary/aromatic N) is 2. The van der Waals surface area contributed by atoms with Gasteiger partial charge in [0.05, 0.1) is 25.0 Å². The van der Waals surface area contributed by atoms with Gasteiger partial charge in [-0.3, -0.25) is 0 Å². The van der Waals surface area contributed by atoms with Crippen molar-refractivity contribution >= 4 is 23.0 Å². The van der Waals surface area contributed by atoms with Gasteiger partial charge in [-0.15, -0.1) is 11.3 Å². The van der Waals surface area contributed by atoms with Gasteiger partial charge in [0.1, 0.15) is 11.1 Å². The minimum Gasteiger partial charge on any atom is -0.493 e. The van der Waals surface area contributed by atoms with Crippen LogP contribution in [0.25, 0.3) is 22.9 Å². The number of hydrogen-bond acceptors (Lipinski definition) is 5. The first-order chi connectivity index (χ1) is 12.8. The molecule has 4 nitrogen and oxygen atoms in total. The molecule has 0 radical (unpaired) electrons. The van der Waals surface area contributed by atoms with Gasteiger partial charge in [-0.25, -0.2) is 4.98 Å². The molecule has 0 saturated carbocycles. The molecule has 3 aromatic rings. The molecule has 0 atom stereocenters. The van der Waals surface area contributed by atoms with Gasteiger partial charge in [0.2, 0.25) is 0 Å². The molecule has 2 aromatic carbocycles. The summed E-state index contributed by atoms with van der Waals surface area (Å²) in [6, 6.07) is 17.8. The predicted octanol–water partition coefficient (Wildman–Crippen LogP) is 5.28. The van der Waals surface area contributed by atoms with E-state index in [9.17, 15) is 5.26 Å². The Balaban J connectivity index is 2.00. The number of ether oxygens (including phenoxy) is 2. The molecule has 0 aliphatic rings. The summed E-state index contributed by atoms with van der Waals surface area (Å²) in [7, 11) is 1.60. The molecule has 0 N–H and O–H groups in total. The fourth-order valence-electron chi connectivity index (χ4n) is 2.54. The highest BCUT2D eigenvalue weighted by Gasteiger charge is 2.13. The van der Waals surface area contributed by atoms with Crippen molar-refractivity contribution in [2.45, 2.75) is 6.92 Å². The summed E-state index contributed by atoms with van der Waals surface area (Å²) in [6.45, 7) is 2.43. The number of para-hydroxylation sites is 1. The molecule has 0 aliphatic heterocycles.